The topological polar surface area (TPSA) is 65.1 Å². The van der Waals surface area contributed by atoms with Crippen LogP contribution in [0.3, 0.4) is 0 Å². The lowest BCUT2D eigenvalue weighted by atomic mass is 10.2. The van der Waals surface area contributed by atoms with Crippen molar-refractivity contribution in [1.82, 2.24) is 4.90 Å². The second-order valence-electron chi connectivity index (χ2n) is 6.01. The lowest BCUT2D eigenvalue weighted by Gasteiger charge is -2.19. The molecule has 0 atom stereocenters. The third-order valence-corrected chi connectivity index (χ3v) is 4.39. The molecule has 0 aliphatic rings. The Balaban J connectivity index is 2.01. The summed E-state index contributed by atoms with van der Waals surface area (Å²) in [5.74, 6) is -0.567. The highest BCUT2D eigenvalue weighted by molar-refractivity contribution is 6.31. The minimum Gasteiger partial charge on any atom is -0.493 e. The molecule has 2 aromatic rings. The molecule has 0 N–H and O–H groups in total. The number of benzene rings is 2. The van der Waals surface area contributed by atoms with Crippen molar-refractivity contribution in [3.05, 3.63) is 64.4 Å². The fourth-order valence-electron chi connectivity index (χ4n) is 2.40. The smallest absolute Gasteiger partial charge is 0.330 e. The first-order valence-electron chi connectivity index (χ1n) is 8.59. The highest BCUT2D eigenvalue weighted by Crippen LogP contribution is 2.28. The first-order valence-corrected chi connectivity index (χ1v) is 8.97. The summed E-state index contributed by atoms with van der Waals surface area (Å²) in [4.78, 5) is 24.9. The second kappa shape index (κ2) is 10.5. The maximum atomic E-state index is 13.9. The van der Waals surface area contributed by atoms with E-state index in [2.05, 4.69) is 4.74 Å². The minimum atomic E-state index is -0.479. The molecule has 0 aliphatic heterocycles. The first kappa shape index (κ1) is 22.2. The van der Waals surface area contributed by atoms with Crippen molar-refractivity contribution in [2.24, 2.45) is 0 Å². The summed E-state index contributed by atoms with van der Waals surface area (Å²) in [7, 11) is 4.29. The summed E-state index contributed by atoms with van der Waals surface area (Å²) < 4.78 is 29.3. The van der Waals surface area contributed by atoms with E-state index in [1.54, 1.807) is 30.3 Å². The quantitative estimate of drug-likeness (QED) is 0.480. The van der Waals surface area contributed by atoms with Gasteiger partial charge in [0.05, 0.1) is 14.2 Å². The Hall–Kier alpha value is -3.06. The van der Waals surface area contributed by atoms with Crippen molar-refractivity contribution in [2.45, 2.75) is 6.54 Å². The molecule has 8 heteroatoms. The van der Waals surface area contributed by atoms with Gasteiger partial charge in [-0.15, -0.1) is 0 Å². The zero-order valence-electron chi connectivity index (χ0n) is 16.3. The number of rotatable bonds is 8. The number of likely N-dealkylation sites (N-methyl/N-ethyl adjacent to an activating group) is 1. The van der Waals surface area contributed by atoms with Crippen LogP contribution >= 0.6 is 11.6 Å². The van der Waals surface area contributed by atoms with Gasteiger partial charge in [-0.3, -0.25) is 4.79 Å². The monoisotopic (exact) mass is 421 g/mol. The molecule has 0 saturated heterocycles. The summed E-state index contributed by atoms with van der Waals surface area (Å²) >= 11 is 6.00. The van der Waals surface area contributed by atoms with Crippen LogP contribution in [0.5, 0.6) is 11.5 Å². The SMILES string of the molecule is COC(=O)/C=C/c1ccc(OCC(=O)N(C)Cc2c(F)cccc2Cl)c(OC)c1. The number of carbonyl (C=O) groups excluding carboxylic acids is 2. The molecule has 154 valence electrons. The van der Waals surface area contributed by atoms with Gasteiger partial charge < -0.3 is 19.1 Å². The Morgan fingerprint density at radius 3 is 2.59 bits per heavy atom. The van der Waals surface area contributed by atoms with Crippen LogP contribution in [0, 0.1) is 5.82 Å². The zero-order valence-corrected chi connectivity index (χ0v) is 17.0. The van der Waals surface area contributed by atoms with Gasteiger partial charge in [0, 0.05) is 30.3 Å². The van der Waals surface area contributed by atoms with E-state index in [1.807, 2.05) is 0 Å². The minimum absolute atomic E-state index is 0.0160. The number of hydrogen-bond acceptors (Lipinski definition) is 5. The van der Waals surface area contributed by atoms with Gasteiger partial charge in [-0.05, 0) is 35.9 Å². The molecule has 2 aromatic carbocycles. The van der Waals surface area contributed by atoms with E-state index in [9.17, 15) is 14.0 Å². The van der Waals surface area contributed by atoms with Crippen LogP contribution in [0.2, 0.25) is 5.02 Å². The normalized spacial score (nSPS) is 10.7. The van der Waals surface area contributed by atoms with Crippen molar-refractivity contribution in [2.75, 3.05) is 27.9 Å². The Bertz CT molecular complexity index is 896. The summed E-state index contributed by atoms with van der Waals surface area (Å²) in [6, 6.07) is 9.33. The van der Waals surface area contributed by atoms with Gasteiger partial charge in [-0.2, -0.15) is 0 Å². The van der Waals surface area contributed by atoms with E-state index in [0.29, 0.717) is 17.1 Å². The molecule has 0 radical (unpaired) electrons. The number of carbonyl (C=O) groups is 2. The van der Waals surface area contributed by atoms with Crippen LogP contribution < -0.4 is 9.47 Å². The molecule has 1 amide bonds. The van der Waals surface area contributed by atoms with Crippen LogP contribution in [0.15, 0.2) is 42.5 Å². The van der Waals surface area contributed by atoms with E-state index in [1.165, 1.54) is 44.4 Å². The summed E-state index contributed by atoms with van der Waals surface area (Å²) in [5, 5.41) is 0.253. The third kappa shape index (κ3) is 6.22. The van der Waals surface area contributed by atoms with Gasteiger partial charge in [0.25, 0.3) is 5.91 Å². The Kier molecular flexibility index (Phi) is 8.03. The molecule has 0 bridgehead atoms. The zero-order chi connectivity index (χ0) is 21.4. The van der Waals surface area contributed by atoms with E-state index in [-0.39, 0.29) is 29.6 Å². The summed E-state index contributed by atoms with van der Waals surface area (Å²) in [5.41, 5.74) is 0.932. The van der Waals surface area contributed by atoms with E-state index >= 15 is 0 Å². The number of hydrogen-bond donors (Lipinski definition) is 0. The lowest BCUT2D eigenvalue weighted by molar-refractivity contribution is -0.135. The van der Waals surface area contributed by atoms with Gasteiger partial charge in [0.1, 0.15) is 5.82 Å². The molecule has 2 rings (SSSR count). The number of ether oxygens (including phenoxy) is 3. The summed E-state index contributed by atoms with van der Waals surface area (Å²) in [6.45, 7) is -0.252. The predicted octanol–water partition coefficient (Wildman–Crippen LogP) is 3.71. The highest BCUT2D eigenvalue weighted by Gasteiger charge is 2.16. The first-order chi connectivity index (χ1) is 13.8. The Morgan fingerprint density at radius 1 is 1.17 bits per heavy atom. The molecular weight excluding hydrogens is 401 g/mol. The molecule has 0 fully saturated rings. The van der Waals surface area contributed by atoms with Crippen molar-refractivity contribution < 1.29 is 28.2 Å². The van der Waals surface area contributed by atoms with Crippen LogP contribution in [0.1, 0.15) is 11.1 Å². The van der Waals surface area contributed by atoms with Crippen molar-refractivity contribution >= 4 is 29.6 Å². The van der Waals surface area contributed by atoms with E-state index in [0.717, 1.165) is 0 Å². The fraction of sp³-hybridized carbons (Fsp3) is 0.238. The van der Waals surface area contributed by atoms with Gasteiger partial charge in [-0.1, -0.05) is 23.7 Å². The maximum Gasteiger partial charge on any atom is 0.330 e. The van der Waals surface area contributed by atoms with Crippen LogP contribution in [0.4, 0.5) is 4.39 Å². The number of halogens is 2. The molecular formula is C21H21ClFNO5. The maximum absolute atomic E-state index is 13.9. The molecule has 0 saturated carbocycles. The number of amides is 1. The average molecular weight is 422 g/mol. The number of nitrogens with zero attached hydrogens (tertiary/aromatic N) is 1. The summed E-state index contributed by atoms with van der Waals surface area (Å²) in [6.07, 6.45) is 2.84. The molecule has 0 spiro atoms. The molecule has 0 heterocycles. The van der Waals surface area contributed by atoms with Gasteiger partial charge in [0.15, 0.2) is 18.1 Å². The molecule has 6 nitrogen and oxygen atoms in total. The van der Waals surface area contributed by atoms with Crippen molar-refractivity contribution in [3.63, 3.8) is 0 Å². The Morgan fingerprint density at radius 2 is 1.93 bits per heavy atom. The largest absolute Gasteiger partial charge is 0.493 e. The van der Waals surface area contributed by atoms with Gasteiger partial charge in [0.2, 0.25) is 0 Å². The fourth-order valence-corrected chi connectivity index (χ4v) is 2.62. The second-order valence-corrected chi connectivity index (χ2v) is 6.41. The van der Waals surface area contributed by atoms with E-state index < -0.39 is 11.8 Å². The third-order valence-electron chi connectivity index (χ3n) is 4.03. The van der Waals surface area contributed by atoms with Crippen LogP contribution in [-0.4, -0.2) is 44.7 Å². The molecule has 0 aliphatic carbocycles. The van der Waals surface area contributed by atoms with E-state index in [4.69, 9.17) is 21.1 Å². The molecule has 29 heavy (non-hydrogen) atoms. The Labute approximate surface area is 173 Å². The number of methoxy groups -OCH3 is 2. The lowest BCUT2D eigenvalue weighted by Crippen LogP contribution is -2.31. The van der Waals surface area contributed by atoms with Crippen LogP contribution in [0.25, 0.3) is 6.08 Å². The number of esters is 1. The molecule has 0 aromatic heterocycles. The highest BCUT2D eigenvalue weighted by atomic mass is 35.5. The van der Waals surface area contributed by atoms with Gasteiger partial charge in [-0.25, -0.2) is 9.18 Å². The van der Waals surface area contributed by atoms with Gasteiger partial charge >= 0.3 is 5.97 Å². The predicted molar refractivity (Wildman–Crippen MR) is 107 cm³/mol. The average Bonchev–Trinajstić information content (AvgIpc) is 2.72. The van der Waals surface area contributed by atoms with Crippen molar-refractivity contribution in [1.29, 1.82) is 0 Å². The van der Waals surface area contributed by atoms with Crippen LogP contribution in [-0.2, 0) is 20.9 Å². The molecule has 0 unspecified atom stereocenters. The van der Waals surface area contributed by atoms with Crippen molar-refractivity contribution in [3.8, 4) is 11.5 Å². The standard InChI is InChI=1S/C21H21ClFNO5/c1-24(12-15-16(22)5-4-6-17(15)23)20(25)13-29-18-9-7-14(11-19(18)27-2)8-10-21(26)28-3/h4-11H,12-13H2,1-3H3/b10-8+.